The normalized spacial score (nSPS) is 15.5. The van der Waals surface area contributed by atoms with E-state index in [1.165, 1.54) is 5.56 Å². The smallest absolute Gasteiger partial charge is 0.240 e. The monoisotopic (exact) mass is 296 g/mol. The van der Waals surface area contributed by atoms with Crippen LogP contribution in [0.4, 0.5) is 0 Å². The Balaban J connectivity index is 2.19. The molecule has 0 heterocycles. The predicted octanol–water partition coefficient (Wildman–Crippen LogP) is 2.19. The highest BCUT2D eigenvalue weighted by Crippen LogP contribution is 2.23. The summed E-state index contributed by atoms with van der Waals surface area (Å²) in [6.07, 6.45) is 3.90. The highest BCUT2D eigenvalue weighted by molar-refractivity contribution is 7.89. The van der Waals surface area contributed by atoms with E-state index in [0.29, 0.717) is 4.90 Å². The molecular formula is C15H24N2O2S. The minimum absolute atomic E-state index is 0.146. The van der Waals surface area contributed by atoms with Gasteiger partial charge in [-0.1, -0.05) is 19.9 Å². The molecule has 0 radical (unpaired) electrons. The molecule has 1 fully saturated rings. The number of rotatable bonds is 8. The maximum atomic E-state index is 12.2. The summed E-state index contributed by atoms with van der Waals surface area (Å²) in [6, 6.07) is 5.61. The minimum Gasteiger partial charge on any atom is -0.313 e. The molecule has 20 heavy (non-hydrogen) atoms. The maximum absolute atomic E-state index is 12.2. The summed E-state index contributed by atoms with van der Waals surface area (Å²) < 4.78 is 27.2. The number of sulfonamides is 1. The van der Waals surface area contributed by atoms with Crippen LogP contribution in [0.25, 0.3) is 0 Å². The lowest BCUT2D eigenvalue weighted by atomic mass is 10.1. The van der Waals surface area contributed by atoms with Crippen LogP contribution >= 0.6 is 0 Å². The predicted molar refractivity (Wildman–Crippen MR) is 81.2 cm³/mol. The first-order chi connectivity index (χ1) is 9.56. The van der Waals surface area contributed by atoms with Crippen molar-refractivity contribution in [1.29, 1.82) is 0 Å². The van der Waals surface area contributed by atoms with E-state index in [-0.39, 0.29) is 6.04 Å². The average Bonchev–Trinajstić information content (AvgIpc) is 3.22. The van der Waals surface area contributed by atoms with E-state index in [0.717, 1.165) is 44.3 Å². The Morgan fingerprint density at radius 2 is 1.95 bits per heavy atom. The van der Waals surface area contributed by atoms with Gasteiger partial charge in [-0.2, -0.15) is 0 Å². The molecule has 1 aromatic rings. The van der Waals surface area contributed by atoms with Gasteiger partial charge in [0.15, 0.2) is 0 Å². The molecule has 1 aliphatic carbocycles. The van der Waals surface area contributed by atoms with Crippen molar-refractivity contribution in [3.05, 3.63) is 29.3 Å². The maximum Gasteiger partial charge on any atom is 0.240 e. The fourth-order valence-electron chi connectivity index (χ4n) is 2.17. The van der Waals surface area contributed by atoms with E-state index in [2.05, 4.69) is 23.9 Å². The SMILES string of the molecule is CCCNCc1cc(S(=O)(=O)NC2CC2)ccc1CC. The van der Waals surface area contributed by atoms with Crippen molar-refractivity contribution in [2.24, 2.45) is 0 Å². The van der Waals surface area contributed by atoms with Crippen LogP contribution < -0.4 is 10.0 Å². The van der Waals surface area contributed by atoms with Gasteiger partial charge in [0, 0.05) is 12.6 Å². The molecule has 0 spiro atoms. The van der Waals surface area contributed by atoms with Crippen LogP contribution in [0.2, 0.25) is 0 Å². The average molecular weight is 296 g/mol. The Bertz CT molecular complexity index is 551. The highest BCUT2D eigenvalue weighted by Gasteiger charge is 2.28. The van der Waals surface area contributed by atoms with Crippen LogP contribution in [0.5, 0.6) is 0 Å². The molecule has 112 valence electrons. The molecule has 4 nitrogen and oxygen atoms in total. The Kier molecular flexibility index (Phi) is 5.18. The molecule has 1 aromatic carbocycles. The number of aryl methyl sites for hydroxylation is 1. The molecule has 0 amide bonds. The summed E-state index contributed by atoms with van der Waals surface area (Å²) in [7, 11) is -3.35. The zero-order valence-electron chi connectivity index (χ0n) is 12.3. The Morgan fingerprint density at radius 3 is 2.55 bits per heavy atom. The van der Waals surface area contributed by atoms with E-state index in [1.807, 2.05) is 12.1 Å². The quantitative estimate of drug-likeness (QED) is 0.723. The van der Waals surface area contributed by atoms with Gasteiger partial charge in [-0.05, 0) is 55.5 Å². The third-order valence-electron chi connectivity index (χ3n) is 3.51. The van der Waals surface area contributed by atoms with Crippen molar-refractivity contribution >= 4 is 10.0 Å². The van der Waals surface area contributed by atoms with Gasteiger partial charge in [-0.25, -0.2) is 13.1 Å². The molecule has 1 aliphatic rings. The minimum atomic E-state index is -3.35. The Labute approximate surface area is 122 Å². The van der Waals surface area contributed by atoms with Crippen LogP contribution in [-0.2, 0) is 23.0 Å². The van der Waals surface area contributed by atoms with E-state index in [1.54, 1.807) is 6.07 Å². The molecule has 0 unspecified atom stereocenters. The van der Waals surface area contributed by atoms with Gasteiger partial charge in [-0.15, -0.1) is 0 Å². The number of nitrogens with one attached hydrogen (secondary N) is 2. The van der Waals surface area contributed by atoms with Crippen LogP contribution in [0.1, 0.15) is 44.2 Å². The second kappa shape index (κ2) is 6.70. The van der Waals surface area contributed by atoms with Gasteiger partial charge < -0.3 is 5.32 Å². The topological polar surface area (TPSA) is 58.2 Å². The molecule has 0 aromatic heterocycles. The molecule has 2 rings (SSSR count). The zero-order chi connectivity index (χ0) is 14.6. The first kappa shape index (κ1) is 15.5. The standard InChI is InChI=1S/C15H24N2O2S/c1-3-9-16-11-13-10-15(8-5-12(13)4-2)20(18,19)17-14-6-7-14/h5,8,10,14,16-17H,3-4,6-7,9,11H2,1-2H3. The van der Waals surface area contributed by atoms with Crippen LogP contribution in [0.15, 0.2) is 23.1 Å². The van der Waals surface area contributed by atoms with Gasteiger partial charge in [0.2, 0.25) is 10.0 Å². The number of hydrogen-bond donors (Lipinski definition) is 2. The molecule has 0 atom stereocenters. The molecular weight excluding hydrogens is 272 g/mol. The molecule has 0 saturated heterocycles. The summed E-state index contributed by atoms with van der Waals surface area (Å²) in [6.45, 7) is 5.88. The van der Waals surface area contributed by atoms with Crippen LogP contribution in [0.3, 0.4) is 0 Å². The van der Waals surface area contributed by atoms with Gasteiger partial charge in [0.1, 0.15) is 0 Å². The summed E-state index contributed by atoms with van der Waals surface area (Å²) in [4.78, 5) is 0.384. The van der Waals surface area contributed by atoms with Crippen molar-refractivity contribution in [1.82, 2.24) is 10.0 Å². The highest BCUT2D eigenvalue weighted by atomic mass is 32.2. The molecule has 1 saturated carbocycles. The van der Waals surface area contributed by atoms with E-state index in [4.69, 9.17) is 0 Å². The lowest BCUT2D eigenvalue weighted by molar-refractivity contribution is 0.580. The second-order valence-corrected chi connectivity index (χ2v) is 7.07. The van der Waals surface area contributed by atoms with Crippen molar-refractivity contribution in [3.63, 3.8) is 0 Å². The van der Waals surface area contributed by atoms with Crippen LogP contribution in [0, 0.1) is 0 Å². The lowest BCUT2D eigenvalue weighted by Crippen LogP contribution is -2.26. The number of hydrogen-bond acceptors (Lipinski definition) is 3. The third kappa shape index (κ3) is 4.04. The Morgan fingerprint density at radius 1 is 1.20 bits per heavy atom. The van der Waals surface area contributed by atoms with Crippen LogP contribution in [-0.4, -0.2) is 21.0 Å². The van der Waals surface area contributed by atoms with Gasteiger partial charge in [-0.3, -0.25) is 0 Å². The number of benzene rings is 1. The summed E-state index contributed by atoms with van der Waals surface area (Å²) in [5.41, 5.74) is 2.29. The molecule has 2 N–H and O–H groups in total. The van der Waals surface area contributed by atoms with Crippen molar-refractivity contribution in [2.75, 3.05) is 6.54 Å². The zero-order valence-corrected chi connectivity index (χ0v) is 13.1. The molecule has 0 aliphatic heterocycles. The van der Waals surface area contributed by atoms with E-state index < -0.39 is 10.0 Å². The third-order valence-corrected chi connectivity index (χ3v) is 5.03. The van der Waals surface area contributed by atoms with Gasteiger partial charge in [0.05, 0.1) is 4.90 Å². The lowest BCUT2D eigenvalue weighted by Gasteiger charge is -2.12. The first-order valence-corrected chi connectivity index (χ1v) is 8.90. The van der Waals surface area contributed by atoms with Gasteiger partial charge in [0.25, 0.3) is 0 Å². The largest absolute Gasteiger partial charge is 0.313 e. The molecule has 5 heteroatoms. The van der Waals surface area contributed by atoms with Gasteiger partial charge >= 0.3 is 0 Å². The second-order valence-electron chi connectivity index (χ2n) is 5.36. The first-order valence-electron chi connectivity index (χ1n) is 7.41. The van der Waals surface area contributed by atoms with Crippen molar-refractivity contribution in [3.8, 4) is 0 Å². The van der Waals surface area contributed by atoms with E-state index >= 15 is 0 Å². The van der Waals surface area contributed by atoms with Crippen molar-refractivity contribution in [2.45, 2.75) is 57.0 Å². The summed E-state index contributed by atoms with van der Waals surface area (Å²) in [5.74, 6) is 0. The van der Waals surface area contributed by atoms with E-state index in [9.17, 15) is 8.42 Å². The Hall–Kier alpha value is -0.910. The van der Waals surface area contributed by atoms with Crippen molar-refractivity contribution < 1.29 is 8.42 Å². The summed E-state index contributed by atoms with van der Waals surface area (Å²) >= 11 is 0. The summed E-state index contributed by atoms with van der Waals surface area (Å²) in [5, 5.41) is 3.34. The fourth-order valence-corrected chi connectivity index (χ4v) is 3.52. The molecule has 0 bridgehead atoms. The fraction of sp³-hybridized carbons (Fsp3) is 0.600.